The molecule has 1 amide bonds. The zero-order chi connectivity index (χ0) is 24.2. The number of aromatic nitrogens is 1. The maximum atomic E-state index is 14.8. The van der Waals surface area contributed by atoms with E-state index in [2.05, 4.69) is 5.32 Å². The average molecular weight is 474 g/mol. The molecule has 8 heteroatoms. The van der Waals surface area contributed by atoms with Gasteiger partial charge in [-0.1, -0.05) is 6.07 Å². The first-order valence-electron chi connectivity index (χ1n) is 12.0. The highest BCUT2D eigenvalue weighted by atomic mass is 19.2. The molecule has 2 aliphatic rings. The number of aryl methyl sites for hydroxylation is 2. The summed E-state index contributed by atoms with van der Waals surface area (Å²) in [5.74, 6) is -2.29. The van der Waals surface area contributed by atoms with Gasteiger partial charge in [0.05, 0.1) is 5.92 Å². The Morgan fingerprint density at radius 1 is 1.24 bits per heavy atom. The van der Waals surface area contributed by atoms with E-state index in [9.17, 15) is 18.4 Å². The lowest BCUT2D eigenvalue weighted by molar-refractivity contribution is -0.138. The highest BCUT2D eigenvalue weighted by Crippen LogP contribution is 2.36. The standard InChI is InChI=1S/C26H33F2N3O3/c1-30-10-8-18(14-24(30)32)21-7-9-29-15-22(21)26(33)31(20-5-6-20)16-19-12-17(4-3-11-34-2)13-23(27)25(19)28/h8,10,12-14,20-22,29H,3-7,9,11,15-16H2,1-2H3. The second-order valence-electron chi connectivity index (χ2n) is 9.46. The first-order valence-corrected chi connectivity index (χ1v) is 12.0. The number of nitrogens with one attached hydrogen (secondary N) is 1. The first-order chi connectivity index (χ1) is 16.4. The van der Waals surface area contributed by atoms with Gasteiger partial charge in [0.1, 0.15) is 0 Å². The van der Waals surface area contributed by atoms with Crippen LogP contribution in [0.4, 0.5) is 8.78 Å². The Morgan fingerprint density at radius 2 is 2.03 bits per heavy atom. The summed E-state index contributed by atoms with van der Waals surface area (Å²) in [5.41, 5.74) is 1.66. The number of piperidine rings is 1. The van der Waals surface area contributed by atoms with Crippen LogP contribution in [-0.2, 0) is 29.5 Å². The number of methoxy groups -OCH3 is 1. The number of carbonyl (C=O) groups excluding carboxylic acids is 1. The molecule has 0 radical (unpaired) electrons. The van der Waals surface area contributed by atoms with Crippen LogP contribution in [0.15, 0.2) is 35.3 Å². The van der Waals surface area contributed by atoms with Crippen molar-refractivity contribution in [3.63, 3.8) is 0 Å². The fourth-order valence-electron chi connectivity index (χ4n) is 4.87. The molecule has 184 valence electrons. The van der Waals surface area contributed by atoms with E-state index >= 15 is 0 Å². The van der Waals surface area contributed by atoms with Gasteiger partial charge in [-0.15, -0.1) is 0 Å². The molecule has 2 heterocycles. The van der Waals surface area contributed by atoms with Gasteiger partial charge in [0.2, 0.25) is 5.91 Å². The molecule has 4 rings (SSSR count). The third-order valence-corrected chi connectivity index (χ3v) is 6.94. The van der Waals surface area contributed by atoms with E-state index in [4.69, 9.17) is 4.74 Å². The molecule has 1 aliphatic heterocycles. The quantitative estimate of drug-likeness (QED) is 0.569. The lowest BCUT2D eigenvalue weighted by Gasteiger charge is -2.36. The van der Waals surface area contributed by atoms with Crippen molar-refractivity contribution >= 4 is 5.91 Å². The number of nitrogens with zero attached hydrogens (tertiary/aromatic N) is 2. The number of hydrogen-bond donors (Lipinski definition) is 1. The molecule has 1 saturated heterocycles. The molecule has 1 aliphatic carbocycles. The van der Waals surface area contributed by atoms with E-state index in [1.807, 2.05) is 6.07 Å². The SMILES string of the molecule is COCCCc1cc(F)c(F)c(CN(C(=O)C2CNCCC2c2ccn(C)c(=O)c2)C2CC2)c1. The van der Waals surface area contributed by atoms with Gasteiger partial charge in [0, 0.05) is 57.7 Å². The molecule has 1 saturated carbocycles. The maximum absolute atomic E-state index is 14.8. The van der Waals surface area contributed by atoms with Crippen LogP contribution in [0.5, 0.6) is 0 Å². The van der Waals surface area contributed by atoms with Crippen LogP contribution in [0, 0.1) is 17.6 Å². The van der Waals surface area contributed by atoms with Crippen molar-refractivity contribution in [1.82, 2.24) is 14.8 Å². The molecular formula is C26H33F2N3O3. The van der Waals surface area contributed by atoms with Gasteiger partial charge in [-0.2, -0.15) is 0 Å². The number of pyridine rings is 1. The summed E-state index contributed by atoms with van der Waals surface area (Å²) in [7, 11) is 3.31. The second kappa shape index (κ2) is 10.8. The van der Waals surface area contributed by atoms with Crippen LogP contribution in [0.25, 0.3) is 0 Å². The normalized spacial score (nSPS) is 20.4. The molecule has 34 heavy (non-hydrogen) atoms. The molecule has 1 N–H and O–H groups in total. The number of hydrogen-bond acceptors (Lipinski definition) is 4. The zero-order valence-corrected chi connectivity index (χ0v) is 19.9. The fraction of sp³-hybridized carbons (Fsp3) is 0.538. The van der Waals surface area contributed by atoms with Crippen molar-refractivity contribution in [1.29, 1.82) is 0 Å². The topological polar surface area (TPSA) is 63.6 Å². The minimum Gasteiger partial charge on any atom is -0.385 e. The minimum absolute atomic E-state index is 0.0401. The summed E-state index contributed by atoms with van der Waals surface area (Å²) in [5, 5.41) is 3.30. The number of rotatable bonds is 9. The van der Waals surface area contributed by atoms with Gasteiger partial charge >= 0.3 is 0 Å². The van der Waals surface area contributed by atoms with Crippen molar-refractivity contribution in [2.45, 2.75) is 50.6 Å². The molecule has 0 spiro atoms. The van der Waals surface area contributed by atoms with Crippen molar-refractivity contribution in [2.75, 3.05) is 26.8 Å². The molecule has 2 atom stereocenters. The predicted molar refractivity (Wildman–Crippen MR) is 126 cm³/mol. The third kappa shape index (κ3) is 5.55. The summed E-state index contributed by atoms with van der Waals surface area (Å²) in [4.78, 5) is 27.7. The van der Waals surface area contributed by atoms with Crippen molar-refractivity contribution < 1.29 is 18.3 Å². The highest BCUT2D eigenvalue weighted by Gasteiger charge is 2.40. The molecular weight excluding hydrogens is 440 g/mol. The van der Waals surface area contributed by atoms with E-state index in [1.165, 1.54) is 10.6 Å². The first kappa shape index (κ1) is 24.5. The van der Waals surface area contributed by atoms with Crippen LogP contribution < -0.4 is 10.9 Å². The Hall–Kier alpha value is -2.58. The number of ether oxygens (including phenoxy) is 1. The van der Waals surface area contributed by atoms with Gasteiger partial charge < -0.3 is 19.5 Å². The molecule has 6 nitrogen and oxygen atoms in total. The molecule has 1 aromatic carbocycles. The summed E-state index contributed by atoms with van der Waals surface area (Å²) >= 11 is 0. The minimum atomic E-state index is -0.890. The summed E-state index contributed by atoms with van der Waals surface area (Å²) in [6.45, 7) is 1.84. The highest BCUT2D eigenvalue weighted by molar-refractivity contribution is 5.81. The van der Waals surface area contributed by atoms with E-state index in [0.717, 1.165) is 31.4 Å². The van der Waals surface area contributed by atoms with E-state index in [0.29, 0.717) is 31.6 Å². The third-order valence-electron chi connectivity index (χ3n) is 6.94. The maximum Gasteiger partial charge on any atom is 0.250 e. The summed E-state index contributed by atoms with van der Waals surface area (Å²) in [6.07, 6.45) is 5.47. The summed E-state index contributed by atoms with van der Waals surface area (Å²) < 4.78 is 35.7. The number of halogens is 2. The lowest BCUT2D eigenvalue weighted by atomic mass is 9.80. The Labute approximate surface area is 198 Å². The van der Waals surface area contributed by atoms with Crippen molar-refractivity contribution in [2.24, 2.45) is 13.0 Å². The number of amides is 1. The molecule has 2 aromatic rings. The Bertz CT molecular complexity index is 1080. The number of carbonyl (C=O) groups is 1. The smallest absolute Gasteiger partial charge is 0.250 e. The summed E-state index contributed by atoms with van der Waals surface area (Å²) in [6, 6.07) is 6.45. The average Bonchev–Trinajstić information content (AvgIpc) is 3.67. The van der Waals surface area contributed by atoms with Crippen LogP contribution in [0.1, 0.15) is 48.3 Å². The van der Waals surface area contributed by atoms with Gasteiger partial charge in [-0.25, -0.2) is 8.78 Å². The van der Waals surface area contributed by atoms with E-state index < -0.39 is 11.6 Å². The Balaban J connectivity index is 1.58. The Kier molecular flexibility index (Phi) is 7.78. The monoisotopic (exact) mass is 473 g/mol. The van der Waals surface area contributed by atoms with Crippen LogP contribution >= 0.6 is 0 Å². The van der Waals surface area contributed by atoms with Crippen LogP contribution in [0.2, 0.25) is 0 Å². The number of benzene rings is 1. The van der Waals surface area contributed by atoms with E-state index in [1.54, 1.807) is 37.4 Å². The molecule has 0 bridgehead atoms. The van der Waals surface area contributed by atoms with Crippen LogP contribution in [0.3, 0.4) is 0 Å². The zero-order valence-electron chi connectivity index (χ0n) is 19.9. The predicted octanol–water partition coefficient (Wildman–Crippen LogP) is 3.13. The molecule has 1 aromatic heterocycles. The van der Waals surface area contributed by atoms with Gasteiger partial charge in [0.15, 0.2) is 11.6 Å². The van der Waals surface area contributed by atoms with E-state index in [-0.39, 0.29) is 41.5 Å². The van der Waals surface area contributed by atoms with Gasteiger partial charge in [-0.05, 0) is 67.8 Å². The molecule has 2 fully saturated rings. The molecule has 2 unspecified atom stereocenters. The van der Waals surface area contributed by atoms with Crippen molar-refractivity contribution in [3.8, 4) is 0 Å². The second-order valence-corrected chi connectivity index (χ2v) is 9.46. The van der Waals surface area contributed by atoms with Gasteiger partial charge in [-0.3, -0.25) is 9.59 Å². The fourth-order valence-corrected chi connectivity index (χ4v) is 4.87. The van der Waals surface area contributed by atoms with Gasteiger partial charge in [0.25, 0.3) is 5.56 Å². The van der Waals surface area contributed by atoms with Crippen LogP contribution in [-0.4, -0.2) is 48.2 Å². The lowest BCUT2D eigenvalue weighted by Crippen LogP contribution is -2.47. The largest absolute Gasteiger partial charge is 0.385 e. The van der Waals surface area contributed by atoms with Crippen molar-refractivity contribution in [3.05, 3.63) is 69.1 Å². The Morgan fingerprint density at radius 3 is 2.74 bits per heavy atom.